The smallest absolute Gasteiger partial charge is 0.263 e. The van der Waals surface area contributed by atoms with Crippen LogP contribution >= 0.6 is 0 Å². The lowest BCUT2D eigenvalue weighted by Gasteiger charge is -2.32. The van der Waals surface area contributed by atoms with Gasteiger partial charge in [0, 0.05) is 25.7 Å². The number of H-pyrrole nitrogens is 1. The second kappa shape index (κ2) is 8.86. The lowest BCUT2D eigenvalue weighted by Crippen LogP contribution is -2.42. The van der Waals surface area contributed by atoms with Crippen molar-refractivity contribution in [1.29, 1.82) is 0 Å². The van der Waals surface area contributed by atoms with E-state index in [0.717, 1.165) is 24.4 Å². The molecule has 1 saturated heterocycles. The van der Waals surface area contributed by atoms with Gasteiger partial charge in [0.05, 0.1) is 6.54 Å². The first-order valence-corrected chi connectivity index (χ1v) is 9.59. The number of hydrogen-bond acceptors (Lipinski definition) is 5. The molecule has 1 fully saturated rings. The van der Waals surface area contributed by atoms with Crippen LogP contribution in [0.3, 0.4) is 0 Å². The van der Waals surface area contributed by atoms with E-state index >= 15 is 0 Å². The van der Waals surface area contributed by atoms with Gasteiger partial charge in [-0.15, -0.1) is 0 Å². The Bertz CT molecular complexity index is 902. The number of nitrogens with zero attached hydrogens (tertiary/aromatic N) is 2. The first-order chi connectivity index (χ1) is 13.4. The molecule has 28 heavy (non-hydrogen) atoms. The molecule has 1 aliphatic rings. The standard InChI is InChI=1S/C20H26N4O4/c1-13-5-7-16(28-13)10-22-18(25)8-6-15-4-3-9-24(12-15)20(27)17-11-21-14(2)23-19(17)26/h5,7,11,15H,3-4,6,8-10,12H2,1-2H3,(H,22,25)(H,21,23,26)/t15-/m1/s1. The van der Waals surface area contributed by atoms with Gasteiger partial charge in [-0.25, -0.2) is 4.98 Å². The van der Waals surface area contributed by atoms with Crippen molar-refractivity contribution in [2.24, 2.45) is 5.92 Å². The molecule has 3 rings (SSSR count). The minimum Gasteiger partial charge on any atom is -0.465 e. The summed E-state index contributed by atoms with van der Waals surface area (Å²) in [5.74, 6) is 1.95. The summed E-state index contributed by atoms with van der Waals surface area (Å²) in [5, 5.41) is 2.86. The van der Waals surface area contributed by atoms with Gasteiger partial charge in [0.25, 0.3) is 11.5 Å². The number of aryl methyl sites for hydroxylation is 2. The molecule has 8 nitrogen and oxygen atoms in total. The summed E-state index contributed by atoms with van der Waals surface area (Å²) in [7, 11) is 0. The molecule has 0 unspecified atom stereocenters. The maximum Gasteiger partial charge on any atom is 0.263 e. The molecular formula is C20H26N4O4. The number of nitrogens with one attached hydrogen (secondary N) is 2. The predicted molar refractivity (Wildman–Crippen MR) is 103 cm³/mol. The van der Waals surface area contributed by atoms with E-state index in [1.54, 1.807) is 11.8 Å². The van der Waals surface area contributed by atoms with Crippen LogP contribution in [0.25, 0.3) is 0 Å². The lowest BCUT2D eigenvalue weighted by molar-refractivity contribution is -0.121. The molecule has 0 aromatic carbocycles. The van der Waals surface area contributed by atoms with Crippen LogP contribution in [0.2, 0.25) is 0 Å². The maximum atomic E-state index is 12.7. The van der Waals surface area contributed by atoms with Gasteiger partial charge in [0.1, 0.15) is 22.9 Å². The Balaban J connectivity index is 1.48. The second-order valence-electron chi connectivity index (χ2n) is 7.30. The monoisotopic (exact) mass is 386 g/mol. The van der Waals surface area contributed by atoms with Crippen LogP contribution in [0.5, 0.6) is 0 Å². The first kappa shape index (κ1) is 19.9. The van der Waals surface area contributed by atoms with Gasteiger partial charge in [0.15, 0.2) is 0 Å². The van der Waals surface area contributed by atoms with Crippen molar-refractivity contribution in [2.75, 3.05) is 13.1 Å². The fourth-order valence-electron chi connectivity index (χ4n) is 3.48. The SMILES string of the molecule is Cc1ncc(C(=O)N2CCC[C@H](CCC(=O)NCc3ccc(C)o3)C2)c(=O)[nH]1. The molecular weight excluding hydrogens is 360 g/mol. The zero-order chi connectivity index (χ0) is 20.1. The molecule has 0 saturated carbocycles. The highest BCUT2D eigenvalue weighted by Crippen LogP contribution is 2.22. The van der Waals surface area contributed by atoms with Gasteiger partial charge < -0.3 is 19.6 Å². The number of furan rings is 1. The molecule has 8 heteroatoms. The van der Waals surface area contributed by atoms with Gasteiger partial charge in [-0.1, -0.05) is 0 Å². The average molecular weight is 386 g/mol. The number of piperidine rings is 1. The Morgan fingerprint density at radius 1 is 1.36 bits per heavy atom. The van der Waals surface area contributed by atoms with E-state index in [1.165, 1.54) is 6.20 Å². The molecule has 0 aliphatic carbocycles. The predicted octanol–water partition coefficient (Wildman–Crippen LogP) is 1.93. The second-order valence-corrected chi connectivity index (χ2v) is 7.30. The minimum absolute atomic E-state index is 0.0308. The number of rotatable bonds is 6. The van der Waals surface area contributed by atoms with E-state index in [4.69, 9.17) is 4.42 Å². The van der Waals surface area contributed by atoms with Crippen LogP contribution in [-0.2, 0) is 11.3 Å². The molecule has 0 bridgehead atoms. The highest BCUT2D eigenvalue weighted by molar-refractivity contribution is 5.93. The number of hydrogen-bond donors (Lipinski definition) is 2. The van der Waals surface area contributed by atoms with Crippen molar-refractivity contribution < 1.29 is 14.0 Å². The summed E-state index contributed by atoms with van der Waals surface area (Å²) in [6, 6.07) is 3.71. The van der Waals surface area contributed by atoms with Gasteiger partial charge >= 0.3 is 0 Å². The summed E-state index contributed by atoms with van der Waals surface area (Å²) >= 11 is 0. The highest BCUT2D eigenvalue weighted by atomic mass is 16.3. The van der Waals surface area contributed by atoms with Gasteiger partial charge in [-0.05, 0) is 51.2 Å². The van der Waals surface area contributed by atoms with Crippen molar-refractivity contribution in [3.8, 4) is 0 Å². The largest absolute Gasteiger partial charge is 0.465 e. The molecule has 2 N–H and O–H groups in total. The molecule has 0 spiro atoms. The number of amides is 2. The van der Waals surface area contributed by atoms with Crippen LogP contribution in [0, 0.1) is 19.8 Å². The lowest BCUT2D eigenvalue weighted by atomic mass is 9.93. The average Bonchev–Trinajstić information content (AvgIpc) is 3.10. The molecule has 2 aromatic rings. The van der Waals surface area contributed by atoms with Crippen LogP contribution in [0.4, 0.5) is 0 Å². The molecule has 1 aliphatic heterocycles. The Morgan fingerprint density at radius 3 is 2.89 bits per heavy atom. The van der Waals surface area contributed by atoms with E-state index in [2.05, 4.69) is 15.3 Å². The molecule has 2 aromatic heterocycles. The minimum atomic E-state index is -0.410. The first-order valence-electron chi connectivity index (χ1n) is 9.59. The van der Waals surface area contributed by atoms with Crippen LogP contribution < -0.4 is 10.9 Å². The number of carbonyl (C=O) groups is 2. The molecule has 2 amide bonds. The van der Waals surface area contributed by atoms with E-state index < -0.39 is 5.56 Å². The van der Waals surface area contributed by atoms with Gasteiger partial charge in [0.2, 0.25) is 5.91 Å². The summed E-state index contributed by atoms with van der Waals surface area (Å²) in [5.41, 5.74) is -0.343. The fraction of sp³-hybridized carbons (Fsp3) is 0.500. The summed E-state index contributed by atoms with van der Waals surface area (Å²) < 4.78 is 5.44. The quantitative estimate of drug-likeness (QED) is 0.789. The zero-order valence-corrected chi connectivity index (χ0v) is 16.3. The third kappa shape index (κ3) is 5.09. The highest BCUT2D eigenvalue weighted by Gasteiger charge is 2.26. The van der Waals surface area contributed by atoms with Crippen LogP contribution in [0.15, 0.2) is 27.5 Å². The van der Waals surface area contributed by atoms with E-state index in [0.29, 0.717) is 38.3 Å². The van der Waals surface area contributed by atoms with Crippen molar-refractivity contribution in [1.82, 2.24) is 20.2 Å². The number of aromatic nitrogens is 2. The van der Waals surface area contributed by atoms with E-state index in [-0.39, 0.29) is 23.3 Å². The van der Waals surface area contributed by atoms with Crippen molar-refractivity contribution in [2.45, 2.75) is 46.1 Å². The Hall–Kier alpha value is -2.90. The summed E-state index contributed by atoms with van der Waals surface area (Å²) in [4.78, 5) is 45.0. The van der Waals surface area contributed by atoms with Crippen molar-refractivity contribution >= 4 is 11.8 Å². The van der Waals surface area contributed by atoms with Crippen molar-refractivity contribution in [3.05, 3.63) is 51.6 Å². The maximum absolute atomic E-state index is 12.7. The third-order valence-electron chi connectivity index (χ3n) is 5.00. The number of likely N-dealkylation sites (tertiary alicyclic amines) is 1. The van der Waals surface area contributed by atoms with Gasteiger partial charge in [-0.3, -0.25) is 14.4 Å². The molecule has 0 radical (unpaired) electrons. The van der Waals surface area contributed by atoms with Crippen LogP contribution in [-0.4, -0.2) is 39.8 Å². The molecule has 1 atom stereocenters. The topological polar surface area (TPSA) is 108 Å². The normalized spacial score (nSPS) is 16.8. The third-order valence-corrected chi connectivity index (χ3v) is 5.00. The Morgan fingerprint density at radius 2 is 2.18 bits per heavy atom. The summed E-state index contributed by atoms with van der Waals surface area (Å²) in [6.45, 7) is 5.08. The summed E-state index contributed by atoms with van der Waals surface area (Å²) in [6.07, 6.45) is 4.27. The van der Waals surface area contributed by atoms with Crippen molar-refractivity contribution in [3.63, 3.8) is 0 Å². The number of aromatic amines is 1. The Labute approximate surface area is 163 Å². The van der Waals surface area contributed by atoms with Crippen LogP contribution in [0.1, 0.15) is 53.4 Å². The Kier molecular flexibility index (Phi) is 6.28. The fourth-order valence-corrected chi connectivity index (χ4v) is 3.48. The van der Waals surface area contributed by atoms with E-state index in [1.807, 2.05) is 19.1 Å². The zero-order valence-electron chi connectivity index (χ0n) is 16.3. The molecule has 3 heterocycles. The molecule has 150 valence electrons. The van der Waals surface area contributed by atoms with Gasteiger partial charge in [-0.2, -0.15) is 0 Å². The number of carbonyl (C=O) groups excluding carboxylic acids is 2. The van der Waals surface area contributed by atoms with E-state index in [9.17, 15) is 14.4 Å².